The Morgan fingerprint density at radius 2 is 1.38 bits per heavy atom. The molecule has 0 heterocycles. The molecule has 132 valence electrons. The SMILES string of the molecule is CCCCc1ccc(NC(=O)Cc2ccc(-c3ccccc3)cc2)cc1. The van der Waals surface area contributed by atoms with Crippen LogP contribution < -0.4 is 5.32 Å². The molecule has 26 heavy (non-hydrogen) atoms. The highest BCUT2D eigenvalue weighted by molar-refractivity contribution is 5.92. The van der Waals surface area contributed by atoms with E-state index in [9.17, 15) is 4.79 Å². The molecule has 0 aliphatic carbocycles. The van der Waals surface area contributed by atoms with Crippen LogP contribution in [0.4, 0.5) is 5.69 Å². The second kappa shape index (κ2) is 9.00. The Labute approximate surface area is 155 Å². The lowest BCUT2D eigenvalue weighted by Crippen LogP contribution is -2.14. The molecule has 3 rings (SSSR count). The van der Waals surface area contributed by atoms with Crippen molar-refractivity contribution in [2.24, 2.45) is 0 Å². The highest BCUT2D eigenvalue weighted by atomic mass is 16.1. The van der Waals surface area contributed by atoms with Crippen molar-refractivity contribution in [2.75, 3.05) is 5.32 Å². The van der Waals surface area contributed by atoms with Crippen LogP contribution in [-0.4, -0.2) is 5.91 Å². The van der Waals surface area contributed by atoms with Gasteiger partial charge >= 0.3 is 0 Å². The molecule has 0 spiro atoms. The van der Waals surface area contributed by atoms with Crippen molar-refractivity contribution in [3.63, 3.8) is 0 Å². The Morgan fingerprint density at radius 1 is 0.769 bits per heavy atom. The summed E-state index contributed by atoms with van der Waals surface area (Å²) in [4.78, 5) is 12.3. The predicted molar refractivity (Wildman–Crippen MR) is 109 cm³/mol. The number of amides is 1. The third-order valence-corrected chi connectivity index (χ3v) is 4.48. The Kier molecular flexibility index (Phi) is 6.21. The zero-order chi connectivity index (χ0) is 18.2. The predicted octanol–water partition coefficient (Wildman–Crippen LogP) is 5.88. The molecule has 3 aromatic carbocycles. The second-order valence-electron chi connectivity index (χ2n) is 6.59. The van der Waals surface area contributed by atoms with Gasteiger partial charge in [-0.05, 0) is 47.2 Å². The summed E-state index contributed by atoms with van der Waals surface area (Å²) < 4.78 is 0. The minimum Gasteiger partial charge on any atom is -0.326 e. The summed E-state index contributed by atoms with van der Waals surface area (Å²) in [6, 6.07) is 26.6. The zero-order valence-electron chi connectivity index (χ0n) is 15.2. The van der Waals surface area contributed by atoms with Crippen molar-refractivity contribution in [3.05, 3.63) is 90.0 Å². The first-order chi connectivity index (χ1) is 12.7. The van der Waals surface area contributed by atoms with Crippen LogP contribution >= 0.6 is 0 Å². The van der Waals surface area contributed by atoms with Gasteiger partial charge < -0.3 is 5.32 Å². The van der Waals surface area contributed by atoms with E-state index in [1.165, 1.54) is 24.0 Å². The third-order valence-electron chi connectivity index (χ3n) is 4.48. The standard InChI is InChI=1S/C24H25NO/c1-2-3-7-19-12-16-23(17-13-19)25-24(26)18-20-10-14-22(15-11-20)21-8-5-4-6-9-21/h4-6,8-17H,2-3,7,18H2,1H3,(H,25,26). The van der Waals surface area contributed by atoms with Crippen molar-refractivity contribution in [2.45, 2.75) is 32.6 Å². The van der Waals surface area contributed by atoms with Crippen molar-refractivity contribution in [1.82, 2.24) is 0 Å². The molecule has 0 aromatic heterocycles. The van der Waals surface area contributed by atoms with Gasteiger partial charge in [0.05, 0.1) is 6.42 Å². The topological polar surface area (TPSA) is 29.1 Å². The van der Waals surface area contributed by atoms with E-state index in [-0.39, 0.29) is 5.91 Å². The number of hydrogen-bond donors (Lipinski definition) is 1. The van der Waals surface area contributed by atoms with Crippen LogP contribution in [0, 0.1) is 0 Å². The maximum absolute atomic E-state index is 12.3. The smallest absolute Gasteiger partial charge is 0.228 e. The Hall–Kier alpha value is -2.87. The van der Waals surface area contributed by atoms with Gasteiger partial charge in [-0.25, -0.2) is 0 Å². The monoisotopic (exact) mass is 343 g/mol. The van der Waals surface area contributed by atoms with Gasteiger partial charge in [0.1, 0.15) is 0 Å². The van der Waals surface area contributed by atoms with Gasteiger partial charge in [0.2, 0.25) is 5.91 Å². The maximum Gasteiger partial charge on any atom is 0.228 e. The fraction of sp³-hybridized carbons (Fsp3) is 0.208. The molecule has 1 amide bonds. The first-order valence-corrected chi connectivity index (χ1v) is 9.28. The highest BCUT2D eigenvalue weighted by Gasteiger charge is 2.05. The molecule has 0 saturated carbocycles. The molecular formula is C24H25NO. The van der Waals surface area contributed by atoms with Crippen molar-refractivity contribution >= 4 is 11.6 Å². The van der Waals surface area contributed by atoms with E-state index in [2.05, 4.69) is 48.6 Å². The van der Waals surface area contributed by atoms with Crippen LogP contribution in [0.3, 0.4) is 0 Å². The summed E-state index contributed by atoms with van der Waals surface area (Å²) in [5.41, 5.74) is 5.54. The number of hydrogen-bond acceptors (Lipinski definition) is 1. The van der Waals surface area contributed by atoms with Crippen molar-refractivity contribution in [3.8, 4) is 11.1 Å². The normalized spacial score (nSPS) is 10.5. The maximum atomic E-state index is 12.3. The van der Waals surface area contributed by atoms with E-state index in [1.807, 2.05) is 42.5 Å². The lowest BCUT2D eigenvalue weighted by Gasteiger charge is -2.08. The Morgan fingerprint density at radius 3 is 2.04 bits per heavy atom. The summed E-state index contributed by atoms with van der Waals surface area (Å²) in [7, 11) is 0. The van der Waals surface area contributed by atoms with Crippen LogP contribution in [0.15, 0.2) is 78.9 Å². The average molecular weight is 343 g/mol. The number of benzene rings is 3. The molecule has 0 aliphatic rings. The molecule has 2 nitrogen and oxygen atoms in total. The molecule has 0 unspecified atom stereocenters. The summed E-state index contributed by atoms with van der Waals surface area (Å²) in [6.07, 6.45) is 3.87. The minimum atomic E-state index is 0.0127. The number of carbonyl (C=O) groups excluding carboxylic acids is 1. The number of anilines is 1. The number of aryl methyl sites for hydroxylation is 1. The first kappa shape index (κ1) is 17.9. The van der Waals surface area contributed by atoms with Crippen LogP contribution in [0.2, 0.25) is 0 Å². The molecule has 2 heteroatoms. The van der Waals surface area contributed by atoms with Crippen molar-refractivity contribution < 1.29 is 4.79 Å². The van der Waals surface area contributed by atoms with Gasteiger partial charge in [-0.3, -0.25) is 4.79 Å². The summed E-state index contributed by atoms with van der Waals surface area (Å²) in [5.74, 6) is 0.0127. The number of carbonyl (C=O) groups is 1. The van der Waals surface area contributed by atoms with Crippen LogP contribution in [0.25, 0.3) is 11.1 Å². The van der Waals surface area contributed by atoms with E-state index in [4.69, 9.17) is 0 Å². The van der Waals surface area contributed by atoms with Crippen LogP contribution in [0.5, 0.6) is 0 Å². The molecule has 0 saturated heterocycles. The van der Waals surface area contributed by atoms with Gasteiger partial charge in [-0.1, -0.05) is 80.1 Å². The lowest BCUT2D eigenvalue weighted by molar-refractivity contribution is -0.115. The molecule has 0 fully saturated rings. The lowest BCUT2D eigenvalue weighted by atomic mass is 10.0. The highest BCUT2D eigenvalue weighted by Crippen LogP contribution is 2.19. The molecular weight excluding hydrogens is 318 g/mol. The first-order valence-electron chi connectivity index (χ1n) is 9.28. The van der Waals surface area contributed by atoms with Gasteiger partial charge in [-0.15, -0.1) is 0 Å². The quantitative estimate of drug-likeness (QED) is 0.570. The van der Waals surface area contributed by atoms with E-state index < -0.39 is 0 Å². The molecule has 0 aliphatic heterocycles. The fourth-order valence-corrected chi connectivity index (χ4v) is 2.97. The molecule has 0 atom stereocenters. The van der Waals surface area contributed by atoms with Gasteiger partial charge in [-0.2, -0.15) is 0 Å². The number of rotatable bonds is 7. The molecule has 0 radical (unpaired) electrons. The van der Waals surface area contributed by atoms with E-state index >= 15 is 0 Å². The van der Waals surface area contributed by atoms with E-state index in [1.54, 1.807) is 0 Å². The molecule has 1 N–H and O–H groups in total. The third kappa shape index (κ3) is 5.06. The molecule has 0 bridgehead atoms. The molecule has 3 aromatic rings. The van der Waals surface area contributed by atoms with Crippen molar-refractivity contribution in [1.29, 1.82) is 0 Å². The van der Waals surface area contributed by atoms with E-state index in [0.717, 1.165) is 23.2 Å². The van der Waals surface area contributed by atoms with Crippen LogP contribution in [-0.2, 0) is 17.6 Å². The van der Waals surface area contributed by atoms with Gasteiger partial charge in [0.15, 0.2) is 0 Å². The fourth-order valence-electron chi connectivity index (χ4n) is 2.97. The average Bonchev–Trinajstić information content (AvgIpc) is 2.69. The summed E-state index contributed by atoms with van der Waals surface area (Å²) >= 11 is 0. The Bertz CT molecular complexity index is 820. The van der Waals surface area contributed by atoms with Gasteiger partial charge in [0.25, 0.3) is 0 Å². The second-order valence-corrected chi connectivity index (χ2v) is 6.59. The minimum absolute atomic E-state index is 0.0127. The zero-order valence-corrected chi connectivity index (χ0v) is 15.2. The van der Waals surface area contributed by atoms with Gasteiger partial charge in [0, 0.05) is 5.69 Å². The number of nitrogens with one attached hydrogen (secondary N) is 1. The number of unbranched alkanes of at least 4 members (excludes halogenated alkanes) is 1. The van der Waals surface area contributed by atoms with E-state index in [0.29, 0.717) is 6.42 Å². The summed E-state index contributed by atoms with van der Waals surface area (Å²) in [6.45, 7) is 2.20. The van der Waals surface area contributed by atoms with Crippen LogP contribution in [0.1, 0.15) is 30.9 Å². The Balaban J connectivity index is 1.56. The summed E-state index contributed by atoms with van der Waals surface area (Å²) in [5, 5.41) is 2.98. The largest absolute Gasteiger partial charge is 0.326 e.